The van der Waals surface area contributed by atoms with Crippen molar-refractivity contribution in [2.24, 2.45) is 5.92 Å². The number of hydrogen-bond donors (Lipinski definition) is 1. The summed E-state index contributed by atoms with van der Waals surface area (Å²) < 4.78 is 2.02. The lowest BCUT2D eigenvalue weighted by Gasteiger charge is -2.31. The summed E-state index contributed by atoms with van der Waals surface area (Å²) in [6.07, 6.45) is 11.8. The van der Waals surface area contributed by atoms with E-state index in [1.807, 2.05) is 10.8 Å². The first-order chi connectivity index (χ1) is 11.3. The molecule has 0 radical (unpaired) electrons. The zero-order chi connectivity index (χ0) is 15.9. The Balaban J connectivity index is 1.43. The number of carbonyl (C=O) groups excluding carboxylic acids is 1. The average molecular weight is 314 g/mol. The third kappa shape index (κ3) is 4.28. The topological polar surface area (TPSA) is 75.9 Å². The molecule has 122 valence electrons. The minimum absolute atomic E-state index is 0.0146. The fraction of sp³-hybridized carbons (Fsp3) is 0.500. The molecular weight excluding hydrogens is 292 g/mol. The Morgan fingerprint density at radius 2 is 2.17 bits per heavy atom. The highest BCUT2D eigenvalue weighted by atomic mass is 16.1. The number of nitrogens with zero attached hydrogens (tertiary/aromatic N) is 5. The maximum Gasteiger partial charge on any atom is 0.225 e. The van der Waals surface area contributed by atoms with Gasteiger partial charge in [-0.25, -0.2) is 15.0 Å². The van der Waals surface area contributed by atoms with Crippen molar-refractivity contribution >= 4 is 11.9 Å². The number of piperidine rings is 1. The molecule has 1 unspecified atom stereocenters. The molecule has 0 spiro atoms. The minimum atomic E-state index is 0.0146. The molecule has 7 heteroatoms. The summed E-state index contributed by atoms with van der Waals surface area (Å²) >= 11 is 0. The van der Waals surface area contributed by atoms with Gasteiger partial charge in [0.1, 0.15) is 0 Å². The second kappa shape index (κ2) is 7.71. The molecule has 1 saturated heterocycles. The molecule has 0 saturated carbocycles. The normalized spacial score (nSPS) is 17.9. The average Bonchev–Trinajstić information content (AvgIpc) is 3.13. The number of nitrogens with one attached hydrogen (secondary N) is 1. The second-order valence-electron chi connectivity index (χ2n) is 5.78. The van der Waals surface area contributed by atoms with Crippen LogP contribution in [0.2, 0.25) is 0 Å². The molecule has 2 aromatic rings. The lowest BCUT2D eigenvalue weighted by molar-refractivity contribution is -0.125. The maximum atomic E-state index is 12.3. The van der Waals surface area contributed by atoms with Crippen molar-refractivity contribution in [2.75, 3.05) is 24.5 Å². The van der Waals surface area contributed by atoms with Gasteiger partial charge in [0.2, 0.25) is 11.9 Å². The molecule has 1 N–H and O–H groups in total. The van der Waals surface area contributed by atoms with Crippen molar-refractivity contribution in [1.82, 2.24) is 24.8 Å². The van der Waals surface area contributed by atoms with Crippen molar-refractivity contribution in [1.29, 1.82) is 0 Å². The number of rotatable bonds is 6. The highest BCUT2D eigenvalue weighted by molar-refractivity contribution is 5.79. The molecule has 3 rings (SSSR count). The van der Waals surface area contributed by atoms with E-state index in [2.05, 4.69) is 25.2 Å². The third-order valence-corrected chi connectivity index (χ3v) is 4.08. The van der Waals surface area contributed by atoms with Gasteiger partial charge >= 0.3 is 0 Å². The van der Waals surface area contributed by atoms with Crippen LogP contribution in [0.1, 0.15) is 19.3 Å². The number of aromatic nitrogens is 4. The summed E-state index contributed by atoms with van der Waals surface area (Å²) in [5, 5.41) is 3.05. The number of aryl methyl sites for hydroxylation is 1. The van der Waals surface area contributed by atoms with Gasteiger partial charge in [-0.05, 0) is 25.3 Å². The van der Waals surface area contributed by atoms with E-state index in [1.165, 1.54) is 0 Å². The van der Waals surface area contributed by atoms with Gasteiger partial charge in [0, 0.05) is 51.0 Å². The first kappa shape index (κ1) is 15.5. The van der Waals surface area contributed by atoms with E-state index in [4.69, 9.17) is 0 Å². The molecule has 1 amide bonds. The molecule has 7 nitrogen and oxygen atoms in total. The summed E-state index contributed by atoms with van der Waals surface area (Å²) in [6, 6.07) is 1.80. The first-order valence-electron chi connectivity index (χ1n) is 8.08. The molecule has 0 bridgehead atoms. The Labute approximate surface area is 135 Å². The van der Waals surface area contributed by atoms with Gasteiger partial charge in [-0.2, -0.15) is 0 Å². The summed E-state index contributed by atoms with van der Waals surface area (Å²) in [6.45, 7) is 3.16. The van der Waals surface area contributed by atoms with Crippen LogP contribution in [0.5, 0.6) is 0 Å². The molecule has 1 aliphatic rings. The Morgan fingerprint density at radius 3 is 2.96 bits per heavy atom. The summed E-state index contributed by atoms with van der Waals surface area (Å²) in [5.41, 5.74) is 0. The predicted octanol–water partition coefficient (Wildman–Crippen LogP) is 1.10. The highest BCUT2D eigenvalue weighted by Crippen LogP contribution is 2.19. The van der Waals surface area contributed by atoms with Crippen LogP contribution in [0.25, 0.3) is 0 Å². The molecule has 3 heterocycles. The molecule has 23 heavy (non-hydrogen) atoms. The quantitative estimate of drug-likeness (QED) is 0.808. The van der Waals surface area contributed by atoms with Crippen molar-refractivity contribution in [3.63, 3.8) is 0 Å². The van der Waals surface area contributed by atoms with E-state index in [0.29, 0.717) is 19.0 Å². The summed E-state index contributed by atoms with van der Waals surface area (Å²) in [7, 11) is 0. The van der Waals surface area contributed by atoms with Gasteiger partial charge in [-0.1, -0.05) is 0 Å². The van der Waals surface area contributed by atoms with Gasteiger partial charge in [-0.3, -0.25) is 4.79 Å². The van der Waals surface area contributed by atoms with Crippen LogP contribution in [0.4, 0.5) is 5.95 Å². The SMILES string of the molecule is O=C(NCCCn1ccnc1)C1CCCN(c2ncccn2)C1. The molecule has 0 aliphatic carbocycles. The van der Waals surface area contributed by atoms with Crippen LogP contribution in [0.3, 0.4) is 0 Å². The third-order valence-electron chi connectivity index (χ3n) is 4.08. The monoisotopic (exact) mass is 314 g/mol. The largest absolute Gasteiger partial charge is 0.356 e. The number of imidazole rings is 1. The zero-order valence-corrected chi connectivity index (χ0v) is 13.1. The Hall–Kier alpha value is -2.44. The fourth-order valence-corrected chi connectivity index (χ4v) is 2.86. The molecule has 1 aliphatic heterocycles. The van der Waals surface area contributed by atoms with Gasteiger partial charge in [0.15, 0.2) is 0 Å². The van der Waals surface area contributed by atoms with Crippen LogP contribution in [0.15, 0.2) is 37.2 Å². The molecule has 0 aromatic carbocycles. The number of carbonyl (C=O) groups is 1. The molecule has 2 aromatic heterocycles. The minimum Gasteiger partial charge on any atom is -0.356 e. The molecule has 1 atom stereocenters. The Bertz CT molecular complexity index is 600. The number of amides is 1. The van der Waals surface area contributed by atoms with Crippen LogP contribution in [-0.2, 0) is 11.3 Å². The van der Waals surface area contributed by atoms with E-state index < -0.39 is 0 Å². The van der Waals surface area contributed by atoms with Gasteiger partial charge in [-0.15, -0.1) is 0 Å². The predicted molar refractivity (Wildman–Crippen MR) is 86.8 cm³/mol. The van der Waals surface area contributed by atoms with E-state index in [0.717, 1.165) is 32.4 Å². The van der Waals surface area contributed by atoms with Crippen LogP contribution >= 0.6 is 0 Å². The van der Waals surface area contributed by atoms with E-state index in [9.17, 15) is 4.79 Å². The number of anilines is 1. The Kier molecular flexibility index (Phi) is 5.18. The number of hydrogen-bond acceptors (Lipinski definition) is 5. The molecular formula is C16H22N6O. The standard InChI is InChI=1S/C16H22N6O/c23-15(18-7-3-9-21-11-8-17-13-21)14-4-1-10-22(12-14)16-19-5-2-6-20-16/h2,5-6,8,11,13-14H,1,3-4,7,9-10,12H2,(H,18,23). The first-order valence-corrected chi connectivity index (χ1v) is 8.08. The van der Waals surface area contributed by atoms with Gasteiger partial charge in [0.05, 0.1) is 12.2 Å². The second-order valence-corrected chi connectivity index (χ2v) is 5.78. The van der Waals surface area contributed by atoms with Crippen molar-refractivity contribution in [2.45, 2.75) is 25.8 Å². The lowest BCUT2D eigenvalue weighted by Crippen LogP contribution is -2.44. The van der Waals surface area contributed by atoms with Crippen LogP contribution in [0, 0.1) is 5.92 Å². The summed E-state index contributed by atoms with van der Waals surface area (Å²) in [5.74, 6) is 0.863. The van der Waals surface area contributed by atoms with Crippen LogP contribution < -0.4 is 10.2 Å². The zero-order valence-electron chi connectivity index (χ0n) is 13.1. The van der Waals surface area contributed by atoms with Crippen molar-refractivity contribution in [3.05, 3.63) is 37.2 Å². The van der Waals surface area contributed by atoms with E-state index in [-0.39, 0.29) is 11.8 Å². The highest BCUT2D eigenvalue weighted by Gasteiger charge is 2.26. The Morgan fingerprint density at radius 1 is 1.30 bits per heavy atom. The van der Waals surface area contributed by atoms with E-state index >= 15 is 0 Å². The molecule has 1 fully saturated rings. The summed E-state index contributed by atoms with van der Waals surface area (Å²) in [4.78, 5) is 27.0. The van der Waals surface area contributed by atoms with Gasteiger partial charge < -0.3 is 14.8 Å². The van der Waals surface area contributed by atoms with Crippen LogP contribution in [-0.4, -0.2) is 45.1 Å². The maximum absolute atomic E-state index is 12.3. The van der Waals surface area contributed by atoms with E-state index in [1.54, 1.807) is 31.0 Å². The van der Waals surface area contributed by atoms with Crippen molar-refractivity contribution < 1.29 is 4.79 Å². The smallest absolute Gasteiger partial charge is 0.225 e. The van der Waals surface area contributed by atoms with Crippen molar-refractivity contribution in [3.8, 4) is 0 Å². The fourth-order valence-electron chi connectivity index (χ4n) is 2.86. The lowest BCUT2D eigenvalue weighted by atomic mass is 9.97. The van der Waals surface area contributed by atoms with Gasteiger partial charge in [0.25, 0.3) is 0 Å².